The van der Waals surface area contributed by atoms with Crippen molar-refractivity contribution in [3.63, 3.8) is 0 Å². The number of nitrogens with one attached hydrogen (secondary N) is 1. The molecule has 4 aromatic heterocycles. The molecule has 248 valence electrons. The number of hydrogen-bond acceptors (Lipinski definition) is 8. The number of pyridine rings is 2. The first kappa shape index (κ1) is 33.4. The summed E-state index contributed by atoms with van der Waals surface area (Å²) >= 11 is 12.7. The highest BCUT2D eigenvalue weighted by Crippen LogP contribution is 2.27. The molecule has 1 N–H and O–H groups in total. The zero-order valence-electron chi connectivity index (χ0n) is 25.5. The summed E-state index contributed by atoms with van der Waals surface area (Å²) in [5.74, 6) is -2.27. The average Bonchev–Trinajstić information content (AvgIpc) is 3.73. The zero-order valence-corrected chi connectivity index (χ0v) is 27.0. The Bertz CT molecular complexity index is 2170. The van der Waals surface area contributed by atoms with Gasteiger partial charge in [-0.05, 0) is 65.7 Å². The monoisotopic (exact) mass is 705 g/mol. The van der Waals surface area contributed by atoms with E-state index >= 15 is 0 Å². The molecule has 1 amide bonds. The molecule has 6 rings (SSSR count). The number of alkyl halides is 3. The van der Waals surface area contributed by atoms with Crippen LogP contribution in [0.5, 0.6) is 0 Å². The Hall–Kier alpha value is -5.47. The van der Waals surface area contributed by atoms with Crippen molar-refractivity contribution in [2.45, 2.75) is 32.6 Å². The Balaban J connectivity index is 1.28. The minimum absolute atomic E-state index is 0.00870. The lowest BCUT2D eigenvalue weighted by atomic mass is 9.95. The van der Waals surface area contributed by atoms with E-state index in [2.05, 4.69) is 35.8 Å². The molecular formula is C33H24Cl2F3N9O2. The standard InChI is InChI=1S/C33H24Cl2F3N9O2/c1-19-13-21(34)14-25(31(49)40-17-22-9-5-11-27(41-22)20-7-3-2-4-8-20)24(19)16-29(48)28-15-23(18-46-44-32(42-45-46)33(36,37)38)43-47(28)30-26(35)10-6-12-39-30/h2-15H,16-18H2,1H3,(H,40,49). The SMILES string of the molecule is Cc1cc(Cl)cc(C(=O)NCc2cccc(-c3ccccc3)n2)c1CC(=O)c1cc(Cn2nnc(C(F)(F)F)n2)nn1-c1ncccc1Cl. The van der Waals surface area contributed by atoms with Gasteiger partial charge in [-0.15, -0.1) is 10.2 Å². The molecule has 0 aliphatic heterocycles. The predicted octanol–water partition coefficient (Wildman–Crippen LogP) is 6.35. The van der Waals surface area contributed by atoms with Crippen LogP contribution in [0.4, 0.5) is 13.2 Å². The van der Waals surface area contributed by atoms with E-state index in [1.165, 1.54) is 23.0 Å². The normalized spacial score (nSPS) is 11.5. The summed E-state index contributed by atoms with van der Waals surface area (Å²) < 4.78 is 40.3. The molecule has 49 heavy (non-hydrogen) atoms. The van der Waals surface area contributed by atoms with Crippen molar-refractivity contribution < 1.29 is 22.8 Å². The van der Waals surface area contributed by atoms with Gasteiger partial charge in [-0.3, -0.25) is 14.6 Å². The summed E-state index contributed by atoms with van der Waals surface area (Å²) in [7, 11) is 0. The number of carbonyl (C=O) groups is 2. The fourth-order valence-electron chi connectivity index (χ4n) is 5.04. The number of hydrogen-bond donors (Lipinski definition) is 1. The molecule has 0 aliphatic rings. The summed E-state index contributed by atoms with van der Waals surface area (Å²) in [6.07, 6.45) is -3.60. The number of nitrogens with zero attached hydrogens (tertiary/aromatic N) is 8. The second-order valence-corrected chi connectivity index (χ2v) is 11.6. The summed E-state index contributed by atoms with van der Waals surface area (Å²) in [6.45, 7) is 1.50. The van der Waals surface area contributed by atoms with Gasteiger partial charge in [-0.25, -0.2) is 9.67 Å². The van der Waals surface area contributed by atoms with Crippen LogP contribution < -0.4 is 5.32 Å². The van der Waals surface area contributed by atoms with Crippen molar-refractivity contribution in [3.05, 3.63) is 135 Å². The van der Waals surface area contributed by atoms with Gasteiger partial charge in [0.05, 0.1) is 28.6 Å². The molecule has 0 saturated heterocycles. The van der Waals surface area contributed by atoms with Crippen LogP contribution in [0.25, 0.3) is 17.1 Å². The summed E-state index contributed by atoms with van der Waals surface area (Å²) in [6, 6.07) is 22.8. The third-order valence-electron chi connectivity index (χ3n) is 7.32. The number of aryl methyl sites for hydroxylation is 1. The van der Waals surface area contributed by atoms with Crippen molar-refractivity contribution >= 4 is 34.9 Å². The molecular weight excluding hydrogens is 682 g/mol. The van der Waals surface area contributed by atoms with Gasteiger partial charge in [-0.1, -0.05) is 59.6 Å². The number of tetrazole rings is 1. The molecule has 0 unspecified atom stereocenters. The molecule has 0 radical (unpaired) electrons. The van der Waals surface area contributed by atoms with Gasteiger partial charge in [-0.2, -0.15) is 23.1 Å². The maximum absolute atomic E-state index is 14.0. The quantitative estimate of drug-likeness (QED) is 0.163. The van der Waals surface area contributed by atoms with Crippen molar-refractivity contribution in [3.8, 4) is 17.1 Å². The number of Topliss-reactive ketones (excluding diaryl/α,β-unsaturated/α-hetero) is 1. The minimum atomic E-state index is -4.79. The van der Waals surface area contributed by atoms with E-state index in [-0.39, 0.29) is 47.3 Å². The molecule has 0 aliphatic carbocycles. The smallest absolute Gasteiger partial charge is 0.346 e. The Kier molecular flexibility index (Phi) is 9.51. The maximum Gasteiger partial charge on any atom is 0.455 e. The van der Waals surface area contributed by atoms with E-state index in [0.717, 1.165) is 11.3 Å². The van der Waals surface area contributed by atoms with Crippen LogP contribution in [-0.4, -0.2) is 51.6 Å². The van der Waals surface area contributed by atoms with Crippen molar-refractivity contribution in [2.75, 3.05) is 0 Å². The van der Waals surface area contributed by atoms with Crippen LogP contribution in [0, 0.1) is 6.92 Å². The highest BCUT2D eigenvalue weighted by atomic mass is 35.5. The number of rotatable bonds is 10. The maximum atomic E-state index is 14.0. The molecule has 2 aromatic carbocycles. The topological polar surface area (TPSA) is 133 Å². The first-order chi connectivity index (χ1) is 23.5. The van der Waals surface area contributed by atoms with E-state index in [1.807, 2.05) is 42.5 Å². The minimum Gasteiger partial charge on any atom is -0.346 e. The van der Waals surface area contributed by atoms with Gasteiger partial charge < -0.3 is 5.32 Å². The second-order valence-electron chi connectivity index (χ2n) is 10.8. The number of aromatic nitrogens is 8. The fourth-order valence-corrected chi connectivity index (χ4v) is 5.52. The Morgan fingerprint density at radius 2 is 1.71 bits per heavy atom. The van der Waals surface area contributed by atoms with E-state index in [0.29, 0.717) is 26.6 Å². The van der Waals surface area contributed by atoms with Gasteiger partial charge in [0.25, 0.3) is 11.7 Å². The zero-order chi connectivity index (χ0) is 34.7. The van der Waals surface area contributed by atoms with Gasteiger partial charge in [0.2, 0.25) is 0 Å². The van der Waals surface area contributed by atoms with Crippen molar-refractivity contribution in [2.24, 2.45) is 0 Å². The van der Waals surface area contributed by atoms with Crippen LogP contribution in [0.1, 0.15) is 49.2 Å². The molecule has 6 aromatic rings. The molecule has 16 heteroatoms. The van der Waals surface area contributed by atoms with Crippen molar-refractivity contribution in [1.29, 1.82) is 0 Å². The Morgan fingerprint density at radius 1 is 0.918 bits per heavy atom. The van der Waals surface area contributed by atoms with Crippen LogP contribution in [0.3, 0.4) is 0 Å². The third kappa shape index (κ3) is 7.66. The molecule has 0 saturated carbocycles. The number of halogens is 5. The van der Waals surface area contributed by atoms with Gasteiger partial charge >= 0.3 is 6.18 Å². The van der Waals surface area contributed by atoms with Gasteiger partial charge in [0.1, 0.15) is 12.2 Å². The van der Waals surface area contributed by atoms with Crippen LogP contribution >= 0.6 is 23.2 Å². The highest BCUT2D eigenvalue weighted by molar-refractivity contribution is 6.32. The Labute approximate surface area is 286 Å². The van der Waals surface area contributed by atoms with Crippen LogP contribution in [0.2, 0.25) is 10.0 Å². The second kappa shape index (κ2) is 13.9. The first-order valence-electron chi connectivity index (χ1n) is 14.6. The molecule has 4 heterocycles. The van der Waals surface area contributed by atoms with Crippen LogP contribution in [0.15, 0.2) is 85.1 Å². The number of carbonyl (C=O) groups excluding carboxylic acids is 2. The molecule has 0 bridgehead atoms. The molecule has 11 nitrogen and oxygen atoms in total. The first-order valence-corrected chi connectivity index (χ1v) is 15.4. The summed E-state index contributed by atoms with van der Waals surface area (Å²) in [4.78, 5) is 37.2. The van der Waals surface area contributed by atoms with E-state index in [9.17, 15) is 22.8 Å². The largest absolute Gasteiger partial charge is 0.455 e. The van der Waals surface area contributed by atoms with Gasteiger partial charge in [0.15, 0.2) is 11.6 Å². The lowest BCUT2D eigenvalue weighted by Crippen LogP contribution is -2.25. The fraction of sp³-hybridized carbons (Fsp3) is 0.152. The van der Waals surface area contributed by atoms with E-state index in [1.54, 1.807) is 31.2 Å². The van der Waals surface area contributed by atoms with Gasteiger partial charge in [0, 0.05) is 28.8 Å². The molecule has 0 fully saturated rings. The predicted molar refractivity (Wildman–Crippen MR) is 173 cm³/mol. The summed E-state index contributed by atoms with van der Waals surface area (Å²) in [5.41, 5.74) is 3.63. The third-order valence-corrected chi connectivity index (χ3v) is 7.83. The highest BCUT2D eigenvalue weighted by Gasteiger charge is 2.37. The van der Waals surface area contributed by atoms with Crippen LogP contribution in [-0.2, 0) is 25.7 Å². The lowest BCUT2D eigenvalue weighted by molar-refractivity contribution is -0.145. The molecule has 0 spiro atoms. The number of amides is 1. The van der Waals surface area contributed by atoms with E-state index < -0.39 is 23.7 Å². The average molecular weight is 707 g/mol. The van der Waals surface area contributed by atoms with E-state index in [4.69, 9.17) is 23.2 Å². The van der Waals surface area contributed by atoms with Crippen molar-refractivity contribution in [1.82, 2.24) is 45.3 Å². The number of benzene rings is 2. The summed E-state index contributed by atoms with van der Waals surface area (Å²) in [5, 5.41) is 17.6. The number of ketones is 1. The lowest BCUT2D eigenvalue weighted by Gasteiger charge is -2.14. The Morgan fingerprint density at radius 3 is 2.45 bits per heavy atom. The molecule has 0 atom stereocenters.